The number of unbranched alkanes of at least 4 members (excludes halogenated alkanes) is 39. The number of allylic oxidation sites excluding steroid dienone is 5. The van der Waals surface area contributed by atoms with Gasteiger partial charge in [0.1, 0.15) is 19.3 Å². The number of nitrogens with zero attached hydrogens (tertiary/aromatic N) is 1. The first-order valence-corrected chi connectivity index (χ1v) is 33.8. The van der Waals surface area contributed by atoms with Gasteiger partial charge in [-0.2, -0.15) is 0 Å². The predicted molar refractivity (Wildman–Crippen MR) is 323 cm³/mol. The number of esters is 1. The fourth-order valence-electron chi connectivity index (χ4n) is 9.52. The standard InChI is InChI=1S/C65H125N2O7P/c1-7-10-13-16-19-22-25-27-29-31-32-33-34-36-37-39-42-45-48-51-54-57-64(68)66-62(61-73-75(70,71)72-60-59-67(4,5)6)63(56-53-50-47-44-41-24-21-18-15-12-9-3)74-65(69)58-55-52-49-46-43-40-38-35-30-28-26-23-20-17-14-11-8-2/h27-30,53,56,62-63H,7-26,31-52,54-55,57-61H2,1-6H3,(H-,66,68,70,71)/p+1/b29-27+,30-28+,56-53-. The van der Waals surface area contributed by atoms with E-state index in [-0.39, 0.29) is 31.5 Å². The Hall–Kier alpha value is -1.77. The molecule has 0 aromatic heterocycles. The van der Waals surface area contributed by atoms with E-state index in [2.05, 4.69) is 50.4 Å². The van der Waals surface area contributed by atoms with Gasteiger partial charge in [-0.25, -0.2) is 4.57 Å². The van der Waals surface area contributed by atoms with Gasteiger partial charge in [-0.15, -0.1) is 0 Å². The summed E-state index contributed by atoms with van der Waals surface area (Å²) in [6.45, 7) is 7.03. The average Bonchev–Trinajstić information content (AvgIpc) is 3.37. The third-order valence-corrected chi connectivity index (χ3v) is 15.5. The lowest BCUT2D eigenvalue weighted by Gasteiger charge is -2.27. The van der Waals surface area contributed by atoms with E-state index in [1.54, 1.807) is 0 Å². The summed E-state index contributed by atoms with van der Waals surface area (Å²) in [6, 6.07) is -0.847. The summed E-state index contributed by atoms with van der Waals surface area (Å²) in [5.74, 6) is -0.499. The molecular weight excluding hydrogens is 952 g/mol. The summed E-state index contributed by atoms with van der Waals surface area (Å²) in [5.41, 5.74) is 0. The highest BCUT2D eigenvalue weighted by atomic mass is 31.2. The third kappa shape index (κ3) is 56.8. The summed E-state index contributed by atoms with van der Waals surface area (Å²) in [7, 11) is 1.50. The van der Waals surface area contributed by atoms with Crippen molar-refractivity contribution in [3.63, 3.8) is 0 Å². The van der Waals surface area contributed by atoms with Gasteiger partial charge in [0, 0.05) is 12.8 Å². The second-order valence-corrected chi connectivity index (χ2v) is 24.7. The van der Waals surface area contributed by atoms with Gasteiger partial charge in [-0.1, -0.05) is 257 Å². The van der Waals surface area contributed by atoms with E-state index in [1.165, 1.54) is 225 Å². The van der Waals surface area contributed by atoms with Gasteiger partial charge < -0.3 is 19.4 Å². The van der Waals surface area contributed by atoms with Crippen LogP contribution in [-0.4, -0.2) is 74.3 Å². The minimum Gasteiger partial charge on any atom is -0.456 e. The van der Waals surface area contributed by atoms with Crippen molar-refractivity contribution in [3.05, 3.63) is 36.5 Å². The van der Waals surface area contributed by atoms with Crippen molar-refractivity contribution in [1.82, 2.24) is 5.32 Å². The van der Waals surface area contributed by atoms with Crippen LogP contribution in [0, 0.1) is 0 Å². The second kappa shape index (κ2) is 55.5. The first kappa shape index (κ1) is 73.2. The van der Waals surface area contributed by atoms with Crippen LogP contribution >= 0.6 is 7.82 Å². The normalized spacial score (nSPS) is 13.9. The number of likely N-dealkylation sites (N-methyl/N-ethyl adjacent to an activating group) is 1. The van der Waals surface area contributed by atoms with Crippen molar-refractivity contribution in [2.75, 3.05) is 40.9 Å². The van der Waals surface area contributed by atoms with Crippen molar-refractivity contribution in [1.29, 1.82) is 0 Å². The Morgan fingerprint density at radius 1 is 0.453 bits per heavy atom. The molecule has 2 N–H and O–H groups in total. The topological polar surface area (TPSA) is 111 Å². The van der Waals surface area contributed by atoms with E-state index in [0.717, 1.165) is 57.8 Å². The van der Waals surface area contributed by atoms with Crippen molar-refractivity contribution >= 4 is 19.7 Å². The highest BCUT2D eigenvalue weighted by molar-refractivity contribution is 7.47. The highest BCUT2D eigenvalue weighted by Crippen LogP contribution is 2.43. The number of carbonyl (C=O) groups is 2. The fourth-order valence-corrected chi connectivity index (χ4v) is 10.3. The summed E-state index contributed by atoms with van der Waals surface area (Å²) in [5, 5.41) is 3.06. The van der Waals surface area contributed by atoms with Gasteiger partial charge in [0.2, 0.25) is 5.91 Å². The molecule has 0 aliphatic rings. The summed E-state index contributed by atoms with van der Waals surface area (Å²) in [6.07, 6.45) is 67.1. The van der Waals surface area contributed by atoms with Gasteiger partial charge in [-0.3, -0.25) is 18.6 Å². The zero-order valence-corrected chi connectivity index (χ0v) is 51.5. The molecule has 0 aromatic rings. The first-order valence-electron chi connectivity index (χ1n) is 32.3. The largest absolute Gasteiger partial charge is 0.472 e. The molecule has 0 aliphatic carbocycles. The first-order chi connectivity index (χ1) is 36.4. The molecule has 0 heterocycles. The van der Waals surface area contributed by atoms with Gasteiger partial charge in [0.15, 0.2) is 0 Å². The number of carbonyl (C=O) groups excluding carboxylic acids is 2. The molecule has 3 unspecified atom stereocenters. The molecule has 10 heteroatoms. The van der Waals surface area contributed by atoms with Crippen molar-refractivity contribution < 1.29 is 37.3 Å². The Kier molecular flexibility index (Phi) is 54.2. The fraction of sp³-hybridized carbons (Fsp3) is 0.877. The molecule has 0 saturated heterocycles. The molecule has 9 nitrogen and oxygen atoms in total. The number of rotatable bonds is 59. The van der Waals surface area contributed by atoms with Crippen LogP contribution in [0.4, 0.5) is 0 Å². The molecule has 0 fully saturated rings. The SMILES string of the molecule is CCCCCCCC/C=C/CCCCCCCCCCCCCC(=O)NC(COP(=O)(O)OCC[N+](C)(C)C)C(/C=C\CCCCCCCCCCC)OC(=O)CCCCCCCCC/C=C/CCCCCCCC. The third-order valence-electron chi connectivity index (χ3n) is 14.6. The maximum Gasteiger partial charge on any atom is 0.472 e. The lowest BCUT2D eigenvalue weighted by Crippen LogP contribution is -2.47. The van der Waals surface area contributed by atoms with Crippen molar-refractivity contribution in [2.24, 2.45) is 0 Å². The van der Waals surface area contributed by atoms with Crippen LogP contribution in [-0.2, 0) is 27.9 Å². The second-order valence-electron chi connectivity index (χ2n) is 23.3. The van der Waals surface area contributed by atoms with E-state index >= 15 is 0 Å². The lowest BCUT2D eigenvalue weighted by molar-refractivity contribution is -0.870. The zero-order valence-electron chi connectivity index (χ0n) is 50.6. The summed E-state index contributed by atoms with van der Waals surface area (Å²) in [4.78, 5) is 37.7. The van der Waals surface area contributed by atoms with Crippen LogP contribution < -0.4 is 5.32 Å². The number of ether oxygens (including phenoxy) is 1. The zero-order chi connectivity index (χ0) is 55.0. The van der Waals surface area contributed by atoms with E-state index in [1.807, 2.05) is 33.3 Å². The Morgan fingerprint density at radius 2 is 0.773 bits per heavy atom. The summed E-state index contributed by atoms with van der Waals surface area (Å²) >= 11 is 0. The van der Waals surface area contributed by atoms with Crippen molar-refractivity contribution in [2.45, 2.75) is 328 Å². The van der Waals surface area contributed by atoms with E-state index in [9.17, 15) is 19.0 Å². The Bertz CT molecular complexity index is 1380. The van der Waals surface area contributed by atoms with E-state index in [4.69, 9.17) is 13.8 Å². The highest BCUT2D eigenvalue weighted by Gasteiger charge is 2.30. The van der Waals surface area contributed by atoms with Gasteiger partial charge in [0.05, 0.1) is 33.8 Å². The molecule has 3 atom stereocenters. The van der Waals surface area contributed by atoms with Crippen LogP contribution in [0.25, 0.3) is 0 Å². The average molecular weight is 1080 g/mol. The van der Waals surface area contributed by atoms with Crippen molar-refractivity contribution in [3.8, 4) is 0 Å². The molecule has 442 valence electrons. The molecule has 0 radical (unpaired) electrons. The molecule has 0 aromatic carbocycles. The number of phosphoric acid groups is 1. The Morgan fingerprint density at radius 3 is 1.13 bits per heavy atom. The number of hydrogen-bond donors (Lipinski definition) is 2. The van der Waals surface area contributed by atoms with Crippen LogP contribution in [0.5, 0.6) is 0 Å². The van der Waals surface area contributed by atoms with Crippen LogP contribution in [0.1, 0.15) is 316 Å². The molecular formula is C65H126N2O7P+. The number of quaternary nitrogens is 1. The maximum atomic E-state index is 13.6. The molecule has 75 heavy (non-hydrogen) atoms. The molecule has 0 saturated carbocycles. The molecule has 0 rings (SSSR count). The Balaban J connectivity index is 5.14. The quantitative estimate of drug-likeness (QED) is 0.0205. The van der Waals surface area contributed by atoms with Crippen LogP contribution in [0.3, 0.4) is 0 Å². The van der Waals surface area contributed by atoms with E-state index < -0.39 is 20.0 Å². The number of amides is 1. The Labute approximate surface area is 466 Å². The minimum atomic E-state index is -4.45. The van der Waals surface area contributed by atoms with Crippen LogP contribution in [0.15, 0.2) is 36.5 Å². The predicted octanol–water partition coefficient (Wildman–Crippen LogP) is 19.9. The molecule has 1 amide bonds. The summed E-state index contributed by atoms with van der Waals surface area (Å²) < 4.78 is 30.7. The smallest absolute Gasteiger partial charge is 0.456 e. The number of phosphoric ester groups is 1. The maximum absolute atomic E-state index is 13.6. The molecule has 0 aliphatic heterocycles. The minimum absolute atomic E-state index is 0.0412. The van der Waals surface area contributed by atoms with Gasteiger partial charge in [0.25, 0.3) is 0 Å². The number of hydrogen-bond acceptors (Lipinski definition) is 6. The molecule has 0 spiro atoms. The van der Waals surface area contributed by atoms with Gasteiger partial charge in [-0.05, 0) is 83.1 Å². The molecule has 0 bridgehead atoms. The van der Waals surface area contributed by atoms with E-state index in [0.29, 0.717) is 17.4 Å². The number of nitrogens with one attached hydrogen (secondary N) is 1. The monoisotopic (exact) mass is 1080 g/mol. The van der Waals surface area contributed by atoms with Crippen LogP contribution in [0.2, 0.25) is 0 Å². The lowest BCUT2D eigenvalue weighted by atomic mass is 10.0. The van der Waals surface area contributed by atoms with Gasteiger partial charge >= 0.3 is 13.8 Å².